The fraction of sp³-hybridized carbons (Fsp3) is 0.867. The molecule has 1 saturated heterocycles. The van der Waals surface area contributed by atoms with E-state index in [0.717, 1.165) is 51.7 Å². The third kappa shape index (κ3) is 2.62. The molecule has 0 bridgehead atoms. The molecule has 0 unspecified atom stereocenters. The van der Waals surface area contributed by atoms with Gasteiger partial charge in [0, 0.05) is 25.2 Å². The number of amides is 1. The van der Waals surface area contributed by atoms with Crippen molar-refractivity contribution in [2.75, 3.05) is 26.7 Å². The van der Waals surface area contributed by atoms with Crippen LogP contribution < -0.4 is 0 Å². The van der Waals surface area contributed by atoms with Crippen LogP contribution in [0.3, 0.4) is 0 Å². The first kappa shape index (κ1) is 14.3. The molecule has 19 heavy (non-hydrogen) atoms. The highest BCUT2D eigenvalue weighted by Crippen LogP contribution is 2.38. The van der Waals surface area contributed by atoms with Gasteiger partial charge in [0.2, 0.25) is 5.91 Å². The van der Waals surface area contributed by atoms with Crippen molar-refractivity contribution < 1.29 is 4.79 Å². The van der Waals surface area contributed by atoms with Gasteiger partial charge in [-0.3, -0.25) is 9.69 Å². The number of carbonyl (C=O) groups excluding carboxylic acids is 1. The van der Waals surface area contributed by atoms with Gasteiger partial charge in [0.15, 0.2) is 0 Å². The van der Waals surface area contributed by atoms with Crippen LogP contribution >= 0.6 is 0 Å². The molecular formula is C15H25N3O. The predicted molar refractivity (Wildman–Crippen MR) is 74.4 cm³/mol. The maximum atomic E-state index is 12.8. The summed E-state index contributed by atoms with van der Waals surface area (Å²) >= 11 is 0. The van der Waals surface area contributed by atoms with Crippen LogP contribution in [0.2, 0.25) is 0 Å². The lowest BCUT2D eigenvalue weighted by atomic mass is 9.74. The lowest BCUT2D eigenvalue weighted by molar-refractivity contribution is -0.145. The average Bonchev–Trinajstić information content (AvgIpc) is 2.41. The normalized spacial score (nSPS) is 26.7. The highest BCUT2D eigenvalue weighted by molar-refractivity contribution is 5.85. The summed E-state index contributed by atoms with van der Waals surface area (Å²) < 4.78 is 0. The molecule has 1 heterocycles. The smallest absolute Gasteiger partial charge is 0.243 e. The van der Waals surface area contributed by atoms with Gasteiger partial charge in [-0.1, -0.05) is 19.3 Å². The molecular weight excluding hydrogens is 238 g/mol. The van der Waals surface area contributed by atoms with E-state index in [4.69, 9.17) is 0 Å². The molecule has 2 fully saturated rings. The number of rotatable bonds is 1. The monoisotopic (exact) mass is 263 g/mol. The Morgan fingerprint density at radius 3 is 2.32 bits per heavy atom. The number of likely N-dealkylation sites (N-methyl/N-ethyl adjacent to an activating group) is 1. The van der Waals surface area contributed by atoms with Gasteiger partial charge in [0.1, 0.15) is 5.41 Å². The number of hydrogen-bond donors (Lipinski definition) is 0. The van der Waals surface area contributed by atoms with Crippen molar-refractivity contribution in [3.8, 4) is 6.07 Å². The van der Waals surface area contributed by atoms with Gasteiger partial charge in [-0.05, 0) is 33.7 Å². The highest BCUT2D eigenvalue weighted by atomic mass is 16.2. The van der Waals surface area contributed by atoms with E-state index in [9.17, 15) is 10.1 Å². The van der Waals surface area contributed by atoms with Crippen LogP contribution in [0, 0.1) is 16.7 Å². The summed E-state index contributed by atoms with van der Waals surface area (Å²) in [6, 6.07) is 2.35. The van der Waals surface area contributed by atoms with Crippen molar-refractivity contribution in [2.45, 2.75) is 51.5 Å². The zero-order valence-electron chi connectivity index (χ0n) is 12.4. The van der Waals surface area contributed by atoms with E-state index >= 15 is 0 Å². The van der Waals surface area contributed by atoms with Crippen molar-refractivity contribution in [3.63, 3.8) is 0 Å². The van der Waals surface area contributed by atoms with Crippen molar-refractivity contribution in [3.05, 3.63) is 0 Å². The van der Waals surface area contributed by atoms with Gasteiger partial charge >= 0.3 is 0 Å². The molecule has 0 radical (unpaired) electrons. The maximum Gasteiger partial charge on any atom is 0.243 e. The van der Waals surface area contributed by atoms with Gasteiger partial charge in [-0.25, -0.2) is 0 Å². The number of carbonyl (C=O) groups is 1. The van der Waals surface area contributed by atoms with E-state index in [1.54, 1.807) is 0 Å². The van der Waals surface area contributed by atoms with Crippen LogP contribution in [0.15, 0.2) is 0 Å². The van der Waals surface area contributed by atoms with Crippen LogP contribution in [0.4, 0.5) is 0 Å². The Hall–Kier alpha value is -1.08. The van der Waals surface area contributed by atoms with Crippen LogP contribution in [-0.4, -0.2) is 47.9 Å². The molecule has 0 aromatic heterocycles. The average molecular weight is 263 g/mol. The van der Waals surface area contributed by atoms with Gasteiger partial charge < -0.3 is 4.90 Å². The molecule has 1 aliphatic heterocycles. The number of nitrogens with zero attached hydrogens (tertiary/aromatic N) is 3. The lowest BCUT2D eigenvalue weighted by Gasteiger charge is -2.47. The minimum atomic E-state index is -0.732. The Kier molecular flexibility index (Phi) is 3.87. The topological polar surface area (TPSA) is 47.3 Å². The van der Waals surface area contributed by atoms with Gasteiger partial charge in [0.25, 0.3) is 0 Å². The molecule has 0 aromatic carbocycles. The summed E-state index contributed by atoms with van der Waals surface area (Å²) in [5.41, 5.74) is -0.733. The quantitative estimate of drug-likeness (QED) is 0.727. The van der Waals surface area contributed by atoms with Crippen molar-refractivity contribution in [1.29, 1.82) is 5.26 Å². The SMILES string of the molecule is CN1CCN(C(=O)C2(C#N)CCCCC2)CC1(C)C. The molecule has 1 saturated carbocycles. The van der Waals surface area contributed by atoms with Crippen LogP contribution in [0.5, 0.6) is 0 Å². The molecule has 0 atom stereocenters. The van der Waals surface area contributed by atoms with Gasteiger partial charge in [-0.2, -0.15) is 5.26 Å². The molecule has 1 aliphatic carbocycles. The Balaban J connectivity index is 2.13. The zero-order valence-corrected chi connectivity index (χ0v) is 12.4. The fourth-order valence-electron chi connectivity index (χ4n) is 3.25. The summed E-state index contributed by atoms with van der Waals surface area (Å²) in [7, 11) is 2.10. The summed E-state index contributed by atoms with van der Waals surface area (Å²) in [5.74, 6) is 0.0795. The molecule has 2 aliphatic rings. The zero-order chi connectivity index (χ0) is 14.1. The maximum absolute atomic E-state index is 12.8. The van der Waals surface area contributed by atoms with Crippen LogP contribution in [-0.2, 0) is 4.79 Å². The third-order valence-electron chi connectivity index (χ3n) is 4.93. The first-order chi connectivity index (χ1) is 8.91. The van der Waals surface area contributed by atoms with E-state index in [2.05, 4.69) is 31.9 Å². The Morgan fingerprint density at radius 2 is 1.79 bits per heavy atom. The van der Waals surface area contributed by atoms with E-state index < -0.39 is 5.41 Å². The second kappa shape index (κ2) is 5.13. The first-order valence-electron chi connectivity index (χ1n) is 7.33. The van der Waals surface area contributed by atoms with Gasteiger partial charge in [0.05, 0.1) is 6.07 Å². The summed E-state index contributed by atoms with van der Waals surface area (Å²) in [4.78, 5) is 17.0. The summed E-state index contributed by atoms with van der Waals surface area (Å²) in [6.45, 7) is 6.69. The largest absolute Gasteiger partial charge is 0.338 e. The van der Waals surface area contributed by atoms with E-state index in [0.29, 0.717) is 0 Å². The minimum absolute atomic E-state index is 0.000771. The second-order valence-electron chi connectivity index (χ2n) is 6.72. The molecule has 4 nitrogen and oxygen atoms in total. The molecule has 2 rings (SSSR count). The minimum Gasteiger partial charge on any atom is -0.338 e. The second-order valence-corrected chi connectivity index (χ2v) is 6.72. The van der Waals surface area contributed by atoms with Crippen LogP contribution in [0.1, 0.15) is 46.0 Å². The Morgan fingerprint density at radius 1 is 1.16 bits per heavy atom. The Bertz CT molecular complexity index is 391. The molecule has 4 heteroatoms. The van der Waals surface area contributed by atoms with E-state index in [1.165, 1.54) is 0 Å². The molecule has 0 spiro atoms. The first-order valence-corrected chi connectivity index (χ1v) is 7.33. The molecule has 0 aromatic rings. The van der Waals surface area contributed by atoms with Crippen LogP contribution in [0.25, 0.3) is 0 Å². The van der Waals surface area contributed by atoms with E-state index in [-0.39, 0.29) is 11.4 Å². The fourth-order valence-corrected chi connectivity index (χ4v) is 3.25. The Labute approximate surface area is 116 Å². The van der Waals surface area contributed by atoms with E-state index in [1.807, 2.05) is 4.90 Å². The number of piperazine rings is 1. The molecule has 0 N–H and O–H groups in total. The molecule has 1 amide bonds. The standard InChI is InChI=1S/C15H25N3O/c1-14(2)12-18(10-9-17(14)3)13(19)15(11-16)7-5-4-6-8-15/h4-10,12H2,1-3H3. The summed E-state index contributed by atoms with van der Waals surface area (Å²) in [5, 5.41) is 9.52. The third-order valence-corrected chi connectivity index (χ3v) is 4.93. The summed E-state index contributed by atoms with van der Waals surface area (Å²) in [6.07, 6.45) is 4.67. The van der Waals surface area contributed by atoms with Crippen molar-refractivity contribution >= 4 is 5.91 Å². The predicted octanol–water partition coefficient (Wildman–Crippen LogP) is 2.01. The van der Waals surface area contributed by atoms with Gasteiger partial charge in [-0.15, -0.1) is 0 Å². The van der Waals surface area contributed by atoms with Crippen molar-refractivity contribution in [2.24, 2.45) is 5.41 Å². The lowest BCUT2D eigenvalue weighted by Crippen LogP contribution is -2.61. The number of hydrogen-bond acceptors (Lipinski definition) is 3. The van der Waals surface area contributed by atoms with Crippen molar-refractivity contribution in [1.82, 2.24) is 9.80 Å². The highest BCUT2D eigenvalue weighted by Gasteiger charge is 2.45. The number of nitriles is 1. The molecule has 106 valence electrons.